The molecule has 1 amide bonds. The monoisotopic (exact) mass is 562 g/mol. The van der Waals surface area contributed by atoms with Crippen LogP contribution in [0.3, 0.4) is 0 Å². The lowest BCUT2D eigenvalue weighted by atomic mass is 9.79. The Bertz CT molecular complexity index is 1330. The summed E-state index contributed by atoms with van der Waals surface area (Å²) < 4.78 is 0. The third-order valence-corrected chi connectivity index (χ3v) is 8.96. The number of likely N-dealkylation sites (tertiary alicyclic amines) is 1. The Hall–Kier alpha value is -2.57. The van der Waals surface area contributed by atoms with Crippen LogP contribution in [0.25, 0.3) is 11.1 Å². The lowest BCUT2D eigenvalue weighted by Crippen LogP contribution is -2.46. The second-order valence-electron chi connectivity index (χ2n) is 11.5. The van der Waals surface area contributed by atoms with E-state index in [2.05, 4.69) is 39.4 Å². The third kappa shape index (κ3) is 6.44. The molecule has 3 N–H and O–H groups in total. The SMILES string of the molecule is Nc1cccc(-c2ccc3c(c2)CCN(CC(=O)Nc2cc(Cl)cc(Cl)c2)C3C2CCN(CC3CC3)CC2)c1. The molecule has 5 nitrogen and oxygen atoms in total. The van der Waals surface area contributed by atoms with Crippen molar-refractivity contribution in [2.45, 2.75) is 38.1 Å². The number of hydrogen-bond donors (Lipinski definition) is 2. The minimum atomic E-state index is -0.0377. The standard InChI is InChI=1S/C32H36Cl2N4O/c33-26-16-27(34)18-29(17-26)36-31(39)20-38-13-10-25-14-24(23-2-1-3-28(35)15-23)6-7-30(25)32(38)22-8-11-37(12-9-22)19-21-4-5-21/h1-3,6-7,14-18,21-22,32H,4-5,8-13,19-20,35H2,(H,36,39). The molecule has 3 aromatic carbocycles. The summed E-state index contributed by atoms with van der Waals surface area (Å²) in [6.07, 6.45) is 6.03. The van der Waals surface area contributed by atoms with E-state index in [1.54, 1.807) is 18.2 Å². The van der Waals surface area contributed by atoms with Gasteiger partial charge in [0.25, 0.3) is 0 Å². The van der Waals surface area contributed by atoms with Gasteiger partial charge in [0.15, 0.2) is 0 Å². The molecular weight excluding hydrogens is 527 g/mol. The molecule has 1 unspecified atom stereocenters. The summed E-state index contributed by atoms with van der Waals surface area (Å²) in [7, 11) is 0. The van der Waals surface area contributed by atoms with Crippen molar-refractivity contribution in [3.05, 3.63) is 81.8 Å². The van der Waals surface area contributed by atoms with Gasteiger partial charge in [0.05, 0.1) is 6.54 Å². The molecule has 39 heavy (non-hydrogen) atoms. The molecule has 204 valence electrons. The molecule has 2 heterocycles. The molecule has 1 aliphatic carbocycles. The number of fused-ring (bicyclic) bond motifs is 1. The summed E-state index contributed by atoms with van der Waals surface area (Å²) in [4.78, 5) is 18.3. The van der Waals surface area contributed by atoms with E-state index in [0.29, 0.717) is 28.2 Å². The first-order chi connectivity index (χ1) is 18.9. The predicted octanol–water partition coefficient (Wildman–Crippen LogP) is 6.90. The summed E-state index contributed by atoms with van der Waals surface area (Å²) in [6.45, 7) is 4.74. The maximum atomic E-state index is 13.2. The fourth-order valence-corrected chi connectivity index (χ4v) is 6.99. The number of hydrogen-bond acceptors (Lipinski definition) is 4. The van der Waals surface area contributed by atoms with Gasteiger partial charge in [-0.25, -0.2) is 0 Å². The summed E-state index contributed by atoms with van der Waals surface area (Å²) in [6, 6.07) is 20.3. The molecule has 3 aromatic rings. The zero-order chi connectivity index (χ0) is 26.9. The number of nitrogens with one attached hydrogen (secondary N) is 1. The molecule has 0 spiro atoms. The second kappa shape index (κ2) is 11.5. The molecule has 2 fully saturated rings. The molecule has 1 saturated heterocycles. The largest absolute Gasteiger partial charge is 0.399 e. The van der Waals surface area contributed by atoms with E-state index in [0.717, 1.165) is 56.1 Å². The van der Waals surface area contributed by atoms with E-state index in [9.17, 15) is 4.79 Å². The van der Waals surface area contributed by atoms with Crippen molar-refractivity contribution in [1.29, 1.82) is 0 Å². The van der Waals surface area contributed by atoms with Crippen LogP contribution in [0.4, 0.5) is 11.4 Å². The Morgan fingerprint density at radius 1 is 0.897 bits per heavy atom. The normalized spacial score (nSPS) is 20.5. The quantitative estimate of drug-likeness (QED) is 0.307. The van der Waals surface area contributed by atoms with E-state index in [-0.39, 0.29) is 11.9 Å². The smallest absolute Gasteiger partial charge is 0.238 e. The van der Waals surface area contributed by atoms with Gasteiger partial charge in [-0.3, -0.25) is 9.69 Å². The molecule has 0 aromatic heterocycles. The van der Waals surface area contributed by atoms with Crippen molar-refractivity contribution in [3.8, 4) is 11.1 Å². The number of rotatable bonds is 7. The molecule has 2 aliphatic heterocycles. The highest BCUT2D eigenvalue weighted by atomic mass is 35.5. The van der Waals surface area contributed by atoms with Crippen molar-refractivity contribution in [1.82, 2.24) is 9.80 Å². The molecule has 0 radical (unpaired) electrons. The van der Waals surface area contributed by atoms with Crippen LogP contribution >= 0.6 is 23.2 Å². The highest BCUT2D eigenvalue weighted by Gasteiger charge is 2.37. The maximum Gasteiger partial charge on any atom is 0.238 e. The number of carbonyl (C=O) groups is 1. The van der Waals surface area contributed by atoms with E-state index < -0.39 is 0 Å². The first-order valence-electron chi connectivity index (χ1n) is 14.1. The first-order valence-corrected chi connectivity index (χ1v) is 14.9. The van der Waals surface area contributed by atoms with Crippen LogP contribution in [0.5, 0.6) is 0 Å². The number of benzene rings is 3. The van der Waals surface area contributed by atoms with Crippen LogP contribution in [0.1, 0.15) is 42.9 Å². The fraction of sp³-hybridized carbons (Fsp3) is 0.406. The number of piperidine rings is 1. The summed E-state index contributed by atoms with van der Waals surface area (Å²) in [5.74, 6) is 1.40. The average Bonchev–Trinajstić information content (AvgIpc) is 3.72. The fourth-order valence-electron chi connectivity index (χ4n) is 6.47. The van der Waals surface area contributed by atoms with Crippen LogP contribution < -0.4 is 11.1 Å². The molecule has 1 saturated carbocycles. The van der Waals surface area contributed by atoms with Gasteiger partial charge in [0.2, 0.25) is 5.91 Å². The second-order valence-corrected chi connectivity index (χ2v) is 12.4. The first kappa shape index (κ1) is 26.6. The molecule has 0 bridgehead atoms. The van der Waals surface area contributed by atoms with Crippen LogP contribution in [0, 0.1) is 11.8 Å². The molecule has 1 atom stereocenters. The highest BCUT2D eigenvalue weighted by molar-refractivity contribution is 6.35. The Morgan fingerprint density at radius 2 is 1.64 bits per heavy atom. The van der Waals surface area contributed by atoms with E-state index >= 15 is 0 Å². The summed E-state index contributed by atoms with van der Waals surface area (Å²) in [5, 5.41) is 4.04. The predicted molar refractivity (Wildman–Crippen MR) is 161 cm³/mol. The van der Waals surface area contributed by atoms with Crippen molar-refractivity contribution in [2.24, 2.45) is 11.8 Å². The van der Waals surface area contributed by atoms with Gasteiger partial charge in [0, 0.05) is 40.6 Å². The van der Waals surface area contributed by atoms with Gasteiger partial charge in [-0.1, -0.05) is 53.5 Å². The minimum Gasteiger partial charge on any atom is -0.399 e. The maximum absolute atomic E-state index is 13.2. The molecule has 7 heteroatoms. The summed E-state index contributed by atoms with van der Waals surface area (Å²) >= 11 is 12.3. The zero-order valence-corrected chi connectivity index (χ0v) is 23.7. The van der Waals surface area contributed by atoms with Gasteiger partial charge >= 0.3 is 0 Å². The van der Waals surface area contributed by atoms with Crippen molar-refractivity contribution < 1.29 is 4.79 Å². The Morgan fingerprint density at radius 3 is 2.36 bits per heavy atom. The topological polar surface area (TPSA) is 61.6 Å². The molecule has 3 aliphatic rings. The van der Waals surface area contributed by atoms with E-state index in [4.69, 9.17) is 28.9 Å². The van der Waals surface area contributed by atoms with Crippen LogP contribution in [-0.2, 0) is 11.2 Å². The number of halogens is 2. The Kier molecular flexibility index (Phi) is 7.86. The van der Waals surface area contributed by atoms with Crippen LogP contribution in [-0.4, -0.2) is 48.4 Å². The van der Waals surface area contributed by atoms with Crippen LogP contribution in [0.15, 0.2) is 60.7 Å². The minimum absolute atomic E-state index is 0.0377. The lowest BCUT2D eigenvalue weighted by molar-refractivity contribution is -0.118. The molecule has 6 rings (SSSR count). The molecular formula is C32H36Cl2N4O. The van der Waals surface area contributed by atoms with Gasteiger partial charge in [-0.05, 0) is 110 Å². The Labute approximate surface area is 241 Å². The van der Waals surface area contributed by atoms with Gasteiger partial charge in [-0.2, -0.15) is 0 Å². The number of anilines is 2. The Balaban J connectivity index is 1.24. The number of amides is 1. The average molecular weight is 564 g/mol. The van der Waals surface area contributed by atoms with Crippen molar-refractivity contribution in [2.75, 3.05) is 43.8 Å². The van der Waals surface area contributed by atoms with Gasteiger partial charge in [-0.15, -0.1) is 0 Å². The van der Waals surface area contributed by atoms with Crippen molar-refractivity contribution >= 4 is 40.5 Å². The van der Waals surface area contributed by atoms with E-state index in [1.165, 1.54) is 36.1 Å². The number of carbonyl (C=O) groups excluding carboxylic acids is 1. The number of nitrogen functional groups attached to an aromatic ring is 1. The lowest BCUT2D eigenvalue weighted by Gasteiger charge is -2.44. The number of nitrogens with zero attached hydrogens (tertiary/aromatic N) is 2. The highest BCUT2D eigenvalue weighted by Crippen LogP contribution is 2.42. The van der Waals surface area contributed by atoms with Crippen LogP contribution in [0.2, 0.25) is 10.0 Å². The van der Waals surface area contributed by atoms with E-state index in [1.807, 2.05) is 18.2 Å². The number of nitrogens with two attached hydrogens (primary N) is 1. The van der Waals surface area contributed by atoms with Gasteiger partial charge in [0.1, 0.15) is 0 Å². The van der Waals surface area contributed by atoms with Crippen molar-refractivity contribution in [3.63, 3.8) is 0 Å². The summed E-state index contributed by atoms with van der Waals surface area (Å²) in [5.41, 5.74) is 12.6. The zero-order valence-electron chi connectivity index (χ0n) is 22.2. The van der Waals surface area contributed by atoms with Gasteiger partial charge < -0.3 is 16.0 Å². The third-order valence-electron chi connectivity index (χ3n) is 8.53.